The van der Waals surface area contributed by atoms with Gasteiger partial charge >= 0.3 is 0 Å². The van der Waals surface area contributed by atoms with Gasteiger partial charge in [-0.15, -0.1) is 0 Å². The van der Waals surface area contributed by atoms with Crippen molar-refractivity contribution in [1.29, 1.82) is 0 Å². The van der Waals surface area contributed by atoms with Crippen LogP contribution in [0.15, 0.2) is 0 Å². The van der Waals surface area contributed by atoms with Gasteiger partial charge in [0.25, 0.3) is 0 Å². The van der Waals surface area contributed by atoms with Crippen molar-refractivity contribution in [2.45, 2.75) is 96.7 Å². The Morgan fingerprint density at radius 1 is 0.519 bits per heavy atom. The Balaban J connectivity index is 1.71. The van der Waals surface area contributed by atoms with E-state index < -0.39 is 0 Å². The fourth-order valence-electron chi connectivity index (χ4n) is 4.91. The number of nitrogens with zero attached hydrogens (tertiary/aromatic N) is 6. The summed E-state index contributed by atoms with van der Waals surface area (Å²) in [6, 6.07) is 1.54. The number of hydrogen-bond donors (Lipinski definition) is 0. The second-order valence-corrected chi connectivity index (χ2v) is 8.85. The highest BCUT2D eigenvalue weighted by Crippen LogP contribution is 2.30. The Labute approximate surface area is 164 Å². The monoisotopic (exact) mass is 372 g/mol. The van der Waals surface area contributed by atoms with Crippen molar-refractivity contribution in [3.8, 4) is 0 Å². The molecule has 0 aromatic carbocycles. The van der Waals surface area contributed by atoms with E-state index in [4.69, 9.17) is 15.0 Å². The van der Waals surface area contributed by atoms with Crippen molar-refractivity contribution in [3.05, 3.63) is 0 Å². The van der Waals surface area contributed by atoms with Gasteiger partial charge in [-0.25, -0.2) is 0 Å². The molecule has 4 heterocycles. The fourth-order valence-corrected chi connectivity index (χ4v) is 4.91. The largest absolute Gasteiger partial charge is 0.338 e. The van der Waals surface area contributed by atoms with E-state index in [1.807, 2.05) is 0 Å². The van der Waals surface area contributed by atoms with E-state index in [-0.39, 0.29) is 0 Å². The quantitative estimate of drug-likeness (QED) is 0.799. The lowest BCUT2D eigenvalue weighted by Gasteiger charge is -2.38. The van der Waals surface area contributed by atoms with Crippen molar-refractivity contribution < 1.29 is 0 Å². The Bertz CT molecular complexity index is 537. The van der Waals surface area contributed by atoms with E-state index in [1.54, 1.807) is 0 Å². The highest BCUT2D eigenvalue weighted by molar-refractivity contribution is 5.48. The minimum absolute atomic E-state index is 0.513. The second kappa shape index (κ2) is 8.19. The van der Waals surface area contributed by atoms with E-state index in [0.717, 1.165) is 37.5 Å². The molecule has 0 amide bonds. The van der Waals surface area contributed by atoms with Crippen molar-refractivity contribution in [1.82, 2.24) is 15.0 Å². The molecule has 3 aliphatic heterocycles. The van der Waals surface area contributed by atoms with Crippen LogP contribution in [0.5, 0.6) is 0 Å². The molecule has 0 bridgehead atoms. The lowest BCUT2D eigenvalue weighted by Crippen LogP contribution is -2.43. The van der Waals surface area contributed by atoms with E-state index in [2.05, 4.69) is 35.5 Å². The summed E-state index contributed by atoms with van der Waals surface area (Å²) in [6.07, 6.45) is 11.4. The molecule has 0 unspecified atom stereocenters. The average Bonchev–Trinajstić information content (AvgIpc) is 2.69. The molecule has 0 spiro atoms. The van der Waals surface area contributed by atoms with Gasteiger partial charge in [-0.1, -0.05) is 0 Å². The molecule has 1 aromatic rings. The zero-order chi connectivity index (χ0) is 18.8. The van der Waals surface area contributed by atoms with Crippen LogP contribution in [0.3, 0.4) is 0 Å². The topological polar surface area (TPSA) is 48.4 Å². The summed E-state index contributed by atoms with van der Waals surface area (Å²) in [5.41, 5.74) is 0. The molecule has 3 saturated heterocycles. The third kappa shape index (κ3) is 3.99. The Hall–Kier alpha value is -1.59. The summed E-state index contributed by atoms with van der Waals surface area (Å²) in [7, 11) is 0. The normalized spacial score (nSPS) is 29.9. The van der Waals surface area contributed by atoms with Crippen LogP contribution < -0.4 is 14.7 Å². The molecular formula is C21H36N6. The Morgan fingerprint density at radius 2 is 0.815 bits per heavy atom. The zero-order valence-corrected chi connectivity index (χ0v) is 17.4. The molecule has 6 heteroatoms. The molecule has 0 radical (unpaired) electrons. The molecule has 3 aliphatic rings. The maximum atomic E-state index is 5.00. The SMILES string of the molecule is C[C@@H]1CCCCN1c1nc(N2CCCC[C@@H]2C)nc(N2CCCC[C@@H]2C)n1. The minimum Gasteiger partial charge on any atom is -0.338 e. The van der Waals surface area contributed by atoms with E-state index in [1.165, 1.54) is 57.8 Å². The van der Waals surface area contributed by atoms with Crippen LogP contribution in [-0.2, 0) is 0 Å². The molecule has 0 saturated carbocycles. The van der Waals surface area contributed by atoms with Gasteiger partial charge in [0, 0.05) is 37.8 Å². The molecule has 6 nitrogen and oxygen atoms in total. The maximum absolute atomic E-state index is 5.00. The van der Waals surface area contributed by atoms with Crippen LogP contribution in [0.2, 0.25) is 0 Å². The molecule has 3 atom stereocenters. The lowest BCUT2D eigenvalue weighted by atomic mass is 10.0. The lowest BCUT2D eigenvalue weighted by molar-refractivity contribution is 0.458. The molecule has 3 fully saturated rings. The molecule has 27 heavy (non-hydrogen) atoms. The van der Waals surface area contributed by atoms with E-state index in [0.29, 0.717) is 18.1 Å². The van der Waals surface area contributed by atoms with E-state index in [9.17, 15) is 0 Å². The first-order valence-corrected chi connectivity index (χ1v) is 11.2. The van der Waals surface area contributed by atoms with Gasteiger partial charge in [0.2, 0.25) is 17.8 Å². The number of piperidine rings is 3. The smallest absolute Gasteiger partial charge is 0.232 e. The van der Waals surface area contributed by atoms with Crippen LogP contribution in [0.1, 0.15) is 78.6 Å². The van der Waals surface area contributed by atoms with Crippen LogP contribution >= 0.6 is 0 Å². The average molecular weight is 373 g/mol. The van der Waals surface area contributed by atoms with Gasteiger partial charge in [-0.2, -0.15) is 15.0 Å². The predicted octanol–water partition coefficient (Wildman–Crippen LogP) is 4.01. The maximum Gasteiger partial charge on any atom is 0.232 e. The number of rotatable bonds is 3. The number of aromatic nitrogens is 3. The van der Waals surface area contributed by atoms with Crippen molar-refractivity contribution in [2.75, 3.05) is 34.3 Å². The van der Waals surface area contributed by atoms with Crippen molar-refractivity contribution >= 4 is 17.8 Å². The summed E-state index contributed by atoms with van der Waals surface area (Å²) in [5.74, 6) is 2.70. The Morgan fingerprint density at radius 3 is 1.07 bits per heavy atom. The summed E-state index contributed by atoms with van der Waals surface area (Å²) < 4.78 is 0. The van der Waals surface area contributed by atoms with Gasteiger partial charge in [-0.05, 0) is 78.6 Å². The molecular weight excluding hydrogens is 336 g/mol. The van der Waals surface area contributed by atoms with Crippen molar-refractivity contribution in [2.24, 2.45) is 0 Å². The molecule has 0 N–H and O–H groups in total. The summed E-state index contributed by atoms with van der Waals surface area (Å²) in [4.78, 5) is 22.3. The van der Waals surface area contributed by atoms with Crippen LogP contribution in [0.4, 0.5) is 17.8 Å². The molecule has 0 aliphatic carbocycles. The summed E-state index contributed by atoms with van der Waals surface area (Å²) in [6.45, 7) is 10.1. The van der Waals surface area contributed by atoms with Crippen molar-refractivity contribution in [3.63, 3.8) is 0 Å². The number of hydrogen-bond acceptors (Lipinski definition) is 6. The van der Waals surface area contributed by atoms with Gasteiger partial charge < -0.3 is 14.7 Å². The second-order valence-electron chi connectivity index (χ2n) is 8.85. The number of anilines is 3. The van der Waals surface area contributed by atoms with Crippen LogP contribution in [0.25, 0.3) is 0 Å². The van der Waals surface area contributed by atoms with Gasteiger partial charge in [0.1, 0.15) is 0 Å². The first kappa shape index (κ1) is 18.8. The van der Waals surface area contributed by atoms with Gasteiger partial charge in [0.15, 0.2) is 0 Å². The Kier molecular flexibility index (Phi) is 5.69. The molecule has 150 valence electrons. The zero-order valence-electron chi connectivity index (χ0n) is 17.4. The standard InChI is InChI=1S/C21H36N6/c1-16-10-4-7-13-25(16)19-22-20(26-14-8-5-11-17(26)2)24-21(23-19)27-15-9-6-12-18(27)3/h16-18H,4-15H2,1-3H3/t16-,17-,18+/m0/s1. The minimum atomic E-state index is 0.513. The van der Waals surface area contributed by atoms with E-state index >= 15 is 0 Å². The first-order valence-electron chi connectivity index (χ1n) is 11.2. The predicted molar refractivity (Wildman–Crippen MR) is 112 cm³/mol. The first-order chi connectivity index (χ1) is 13.1. The van der Waals surface area contributed by atoms with Gasteiger partial charge in [0.05, 0.1) is 0 Å². The van der Waals surface area contributed by atoms with Crippen LogP contribution in [-0.4, -0.2) is 52.7 Å². The molecule has 1 aromatic heterocycles. The summed E-state index contributed by atoms with van der Waals surface area (Å²) in [5, 5.41) is 0. The van der Waals surface area contributed by atoms with Gasteiger partial charge in [-0.3, -0.25) is 0 Å². The molecule has 4 rings (SSSR count). The highest BCUT2D eigenvalue weighted by atomic mass is 15.4. The summed E-state index contributed by atoms with van der Waals surface area (Å²) >= 11 is 0. The third-order valence-electron chi connectivity index (χ3n) is 6.78. The van der Waals surface area contributed by atoms with Crippen LogP contribution in [0, 0.1) is 0 Å². The third-order valence-corrected chi connectivity index (χ3v) is 6.78. The fraction of sp³-hybridized carbons (Fsp3) is 0.857. The highest BCUT2D eigenvalue weighted by Gasteiger charge is 2.29.